The third kappa shape index (κ3) is 4.35. The number of H-pyrrole nitrogens is 1. The van der Waals surface area contributed by atoms with Crippen molar-refractivity contribution in [2.24, 2.45) is 0 Å². The Kier molecular flexibility index (Phi) is 5.94. The summed E-state index contributed by atoms with van der Waals surface area (Å²) in [5.41, 5.74) is 6.07. The minimum Gasteiger partial charge on any atom is -0.497 e. The molecule has 3 N–H and O–H groups in total. The number of piperazine rings is 1. The van der Waals surface area contributed by atoms with Crippen molar-refractivity contribution >= 4 is 29.2 Å². The number of nitrogens with one attached hydrogen (secondary N) is 3. The van der Waals surface area contributed by atoms with E-state index in [1.165, 1.54) is 0 Å². The maximum atomic E-state index is 13.5. The van der Waals surface area contributed by atoms with Crippen molar-refractivity contribution in [3.05, 3.63) is 71.0 Å². The smallest absolute Gasteiger partial charge is 0.256 e. The monoisotopic (exact) mass is 470 g/mol. The molecular weight excluding hydrogens is 440 g/mol. The molecule has 0 unspecified atom stereocenters. The summed E-state index contributed by atoms with van der Waals surface area (Å²) in [5, 5.41) is 6.45. The SMILES string of the molecule is COc1cccc(-c2cccc3c2/C(=C/c2[nH]c(C)cc2C(=O)N2C[C@@H](C)N[C@@H](C)C2)C(=O)N3)c1. The van der Waals surface area contributed by atoms with Crippen molar-refractivity contribution in [2.75, 3.05) is 25.5 Å². The number of carbonyl (C=O) groups excluding carboxylic acids is 2. The molecule has 7 heteroatoms. The Labute approximate surface area is 205 Å². The van der Waals surface area contributed by atoms with Gasteiger partial charge in [-0.2, -0.15) is 0 Å². The molecule has 1 fully saturated rings. The number of hydrogen-bond acceptors (Lipinski definition) is 4. The molecule has 1 aromatic heterocycles. The summed E-state index contributed by atoms with van der Waals surface area (Å²) in [6, 6.07) is 15.9. The Morgan fingerprint density at radius 2 is 1.83 bits per heavy atom. The Bertz CT molecular complexity index is 1330. The average molecular weight is 471 g/mol. The lowest BCUT2D eigenvalue weighted by Crippen LogP contribution is -2.55. The molecule has 180 valence electrons. The summed E-state index contributed by atoms with van der Waals surface area (Å²) in [7, 11) is 1.64. The van der Waals surface area contributed by atoms with Gasteiger partial charge in [-0.05, 0) is 62.2 Å². The molecular formula is C28H30N4O3. The summed E-state index contributed by atoms with van der Waals surface area (Å²) >= 11 is 0. The van der Waals surface area contributed by atoms with E-state index in [2.05, 4.69) is 29.5 Å². The molecule has 0 aliphatic carbocycles. The molecule has 0 spiro atoms. The molecule has 2 amide bonds. The first-order chi connectivity index (χ1) is 16.8. The van der Waals surface area contributed by atoms with Crippen LogP contribution < -0.4 is 15.4 Å². The number of rotatable bonds is 4. The molecule has 2 atom stereocenters. The fraction of sp³-hybridized carbons (Fsp3) is 0.286. The van der Waals surface area contributed by atoms with Gasteiger partial charge in [-0.25, -0.2) is 0 Å². The van der Waals surface area contributed by atoms with Crippen LogP contribution in [-0.4, -0.2) is 54.0 Å². The van der Waals surface area contributed by atoms with Crippen LogP contribution in [0.1, 0.15) is 41.2 Å². The predicted molar refractivity (Wildman–Crippen MR) is 138 cm³/mol. The lowest BCUT2D eigenvalue weighted by molar-refractivity contribution is -0.110. The van der Waals surface area contributed by atoms with Crippen LogP contribution in [0, 0.1) is 6.92 Å². The Hall–Kier alpha value is -3.84. The molecule has 2 aliphatic rings. The van der Waals surface area contributed by atoms with Gasteiger partial charge in [-0.3, -0.25) is 9.59 Å². The highest BCUT2D eigenvalue weighted by Gasteiger charge is 2.30. The van der Waals surface area contributed by atoms with Crippen molar-refractivity contribution < 1.29 is 14.3 Å². The van der Waals surface area contributed by atoms with Crippen LogP contribution in [0.5, 0.6) is 5.75 Å². The van der Waals surface area contributed by atoms with E-state index in [9.17, 15) is 9.59 Å². The van der Waals surface area contributed by atoms with Gasteiger partial charge in [0.25, 0.3) is 11.8 Å². The van der Waals surface area contributed by atoms with E-state index in [1.807, 2.05) is 60.4 Å². The highest BCUT2D eigenvalue weighted by molar-refractivity contribution is 6.36. The van der Waals surface area contributed by atoms with Crippen LogP contribution in [0.4, 0.5) is 5.69 Å². The number of aromatic nitrogens is 1. The first-order valence-electron chi connectivity index (χ1n) is 11.9. The van der Waals surface area contributed by atoms with Crippen molar-refractivity contribution in [3.63, 3.8) is 0 Å². The normalized spacial score (nSPS) is 20.6. The van der Waals surface area contributed by atoms with E-state index in [4.69, 9.17) is 4.74 Å². The number of ether oxygens (including phenoxy) is 1. The third-order valence-electron chi connectivity index (χ3n) is 6.55. The second-order valence-corrected chi connectivity index (χ2v) is 9.43. The van der Waals surface area contributed by atoms with Gasteiger partial charge in [0.15, 0.2) is 0 Å². The van der Waals surface area contributed by atoms with Gasteiger partial charge >= 0.3 is 0 Å². The van der Waals surface area contributed by atoms with Crippen LogP contribution in [0.2, 0.25) is 0 Å². The van der Waals surface area contributed by atoms with Crippen LogP contribution >= 0.6 is 0 Å². The van der Waals surface area contributed by atoms with Gasteiger partial charge in [-0.1, -0.05) is 24.3 Å². The number of aromatic amines is 1. The average Bonchev–Trinajstić information content (AvgIpc) is 3.36. The minimum absolute atomic E-state index is 0.0268. The summed E-state index contributed by atoms with van der Waals surface area (Å²) in [4.78, 5) is 31.8. The molecule has 3 heterocycles. The Morgan fingerprint density at radius 1 is 1.09 bits per heavy atom. The zero-order valence-electron chi connectivity index (χ0n) is 20.4. The largest absolute Gasteiger partial charge is 0.497 e. The Balaban J connectivity index is 1.58. The van der Waals surface area contributed by atoms with E-state index < -0.39 is 0 Å². The second-order valence-electron chi connectivity index (χ2n) is 9.43. The topological polar surface area (TPSA) is 86.5 Å². The van der Waals surface area contributed by atoms with Crippen LogP contribution in [0.25, 0.3) is 22.8 Å². The number of methoxy groups -OCH3 is 1. The minimum atomic E-state index is -0.189. The predicted octanol–water partition coefficient (Wildman–Crippen LogP) is 4.31. The molecule has 2 aliphatic heterocycles. The van der Waals surface area contributed by atoms with Crippen LogP contribution in [-0.2, 0) is 4.79 Å². The highest BCUT2D eigenvalue weighted by atomic mass is 16.5. The number of anilines is 1. The first-order valence-corrected chi connectivity index (χ1v) is 11.9. The van der Waals surface area contributed by atoms with Crippen LogP contribution in [0.15, 0.2) is 48.5 Å². The summed E-state index contributed by atoms with van der Waals surface area (Å²) < 4.78 is 5.41. The number of hydrogen-bond donors (Lipinski definition) is 3. The van der Waals surface area contributed by atoms with Crippen molar-refractivity contribution in [1.82, 2.24) is 15.2 Å². The lowest BCUT2D eigenvalue weighted by atomic mass is 9.94. The van der Waals surface area contributed by atoms with Crippen molar-refractivity contribution in [3.8, 4) is 16.9 Å². The second kappa shape index (κ2) is 9.07. The quantitative estimate of drug-likeness (QED) is 0.496. The standard InChI is InChI=1S/C28H30N4O3/c1-16-11-22(28(34)32-14-17(2)29-18(3)15-32)25(30-16)13-23-26-21(9-6-10-24(26)31-27(23)33)19-7-5-8-20(12-19)35-4/h5-13,17-18,29-30H,14-15H2,1-4H3,(H,31,33)/b23-13-/t17-,18+. The van der Waals surface area contributed by atoms with E-state index in [0.29, 0.717) is 29.9 Å². The molecule has 0 saturated carbocycles. The molecule has 1 saturated heterocycles. The third-order valence-corrected chi connectivity index (χ3v) is 6.55. The number of benzene rings is 2. The highest BCUT2D eigenvalue weighted by Crippen LogP contribution is 2.41. The Morgan fingerprint density at radius 3 is 2.57 bits per heavy atom. The molecule has 3 aromatic rings. The zero-order valence-corrected chi connectivity index (χ0v) is 20.4. The van der Waals surface area contributed by atoms with Gasteiger partial charge in [0.05, 0.1) is 23.9 Å². The van der Waals surface area contributed by atoms with Crippen molar-refractivity contribution in [2.45, 2.75) is 32.9 Å². The van der Waals surface area contributed by atoms with Gasteiger partial charge in [0.2, 0.25) is 0 Å². The summed E-state index contributed by atoms with van der Waals surface area (Å²) in [5.74, 6) is 0.529. The van der Waals surface area contributed by atoms with E-state index in [1.54, 1.807) is 13.2 Å². The molecule has 35 heavy (non-hydrogen) atoms. The fourth-order valence-corrected chi connectivity index (χ4v) is 5.13. The van der Waals surface area contributed by atoms with E-state index in [0.717, 1.165) is 33.8 Å². The lowest BCUT2D eigenvalue weighted by Gasteiger charge is -2.36. The molecule has 5 rings (SSSR count). The molecule has 0 bridgehead atoms. The van der Waals surface area contributed by atoms with E-state index >= 15 is 0 Å². The number of aryl methyl sites for hydroxylation is 1. The number of carbonyl (C=O) groups is 2. The number of amides is 2. The van der Waals surface area contributed by atoms with Gasteiger partial charge in [0.1, 0.15) is 5.75 Å². The fourth-order valence-electron chi connectivity index (χ4n) is 5.13. The summed E-state index contributed by atoms with van der Waals surface area (Å²) in [6.07, 6.45) is 1.81. The maximum absolute atomic E-state index is 13.5. The zero-order chi connectivity index (χ0) is 24.7. The summed E-state index contributed by atoms with van der Waals surface area (Å²) in [6.45, 7) is 7.38. The molecule has 7 nitrogen and oxygen atoms in total. The van der Waals surface area contributed by atoms with Gasteiger partial charge < -0.3 is 25.3 Å². The molecule has 0 radical (unpaired) electrons. The molecule has 2 aromatic carbocycles. The first kappa shape index (κ1) is 22.9. The maximum Gasteiger partial charge on any atom is 0.256 e. The van der Waals surface area contributed by atoms with Gasteiger partial charge in [0, 0.05) is 42.1 Å². The van der Waals surface area contributed by atoms with Crippen LogP contribution in [0.3, 0.4) is 0 Å². The van der Waals surface area contributed by atoms with E-state index in [-0.39, 0.29) is 23.9 Å². The number of nitrogens with zero attached hydrogens (tertiary/aromatic N) is 1. The van der Waals surface area contributed by atoms with Crippen molar-refractivity contribution in [1.29, 1.82) is 0 Å². The number of fused-ring (bicyclic) bond motifs is 1. The van der Waals surface area contributed by atoms with Gasteiger partial charge in [-0.15, -0.1) is 0 Å².